The Balaban J connectivity index is 2.18. The van der Waals surface area contributed by atoms with Gasteiger partial charge in [0.05, 0.1) is 5.52 Å². The standard InChI is InChI=1S/C13H12N4/c1-8-6-10(4-5-15-8)9-2-3-11-12(7-9)16-17-13(11)14/h2-7H,1H3,(H3,14,16,17). The van der Waals surface area contributed by atoms with Crippen molar-refractivity contribution in [2.45, 2.75) is 6.92 Å². The van der Waals surface area contributed by atoms with Crippen LogP contribution in [0, 0.1) is 6.92 Å². The number of H-pyrrole nitrogens is 1. The second-order valence-electron chi connectivity index (χ2n) is 4.06. The third kappa shape index (κ3) is 1.63. The molecule has 0 spiro atoms. The van der Waals surface area contributed by atoms with Gasteiger partial charge in [0.15, 0.2) is 5.82 Å². The minimum atomic E-state index is 0.539. The highest BCUT2D eigenvalue weighted by Crippen LogP contribution is 2.25. The van der Waals surface area contributed by atoms with E-state index < -0.39 is 0 Å². The van der Waals surface area contributed by atoms with Crippen LogP contribution in [0.2, 0.25) is 0 Å². The first-order valence-corrected chi connectivity index (χ1v) is 5.41. The number of hydrogen-bond acceptors (Lipinski definition) is 3. The Kier molecular flexibility index (Phi) is 2.08. The third-order valence-corrected chi connectivity index (χ3v) is 2.82. The first-order chi connectivity index (χ1) is 8.24. The lowest BCUT2D eigenvalue weighted by molar-refractivity contribution is 1.13. The van der Waals surface area contributed by atoms with Gasteiger partial charge in [0.2, 0.25) is 0 Å². The summed E-state index contributed by atoms with van der Waals surface area (Å²) in [7, 11) is 0. The molecule has 0 aliphatic carbocycles. The van der Waals surface area contributed by atoms with Gasteiger partial charge in [0, 0.05) is 17.3 Å². The topological polar surface area (TPSA) is 67.6 Å². The molecule has 0 amide bonds. The SMILES string of the molecule is Cc1cc(-c2ccc3c(N)n[nH]c3c2)ccn1. The molecule has 0 aliphatic rings. The normalized spacial score (nSPS) is 10.9. The lowest BCUT2D eigenvalue weighted by Crippen LogP contribution is -1.84. The maximum Gasteiger partial charge on any atom is 0.153 e. The van der Waals surface area contributed by atoms with Gasteiger partial charge in [-0.2, -0.15) is 5.10 Å². The molecule has 1 aromatic carbocycles. The van der Waals surface area contributed by atoms with Crippen molar-refractivity contribution in [2.75, 3.05) is 5.73 Å². The van der Waals surface area contributed by atoms with Crippen molar-refractivity contribution in [3.63, 3.8) is 0 Å². The van der Waals surface area contributed by atoms with Crippen LogP contribution in [0.15, 0.2) is 36.5 Å². The fraction of sp³-hybridized carbons (Fsp3) is 0.0769. The van der Waals surface area contributed by atoms with Crippen molar-refractivity contribution in [3.05, 3.63) is 42.2 Å². The van der Waals surface area contributed by atoms with E-state index in [0.29, 0.717) is 5.82 Å². The van der Waals surface area contributed by atoms with E-state index in [2.05, 4.69) is 21.2 Å². The van der Waals surface area contributed by atoms with Crippen molar-refractivity contribution < 1.29 is 0 Å². The predicted molar refractivity (Wildman–Crippen MR) is 68.5 cm³/mol. The molecule has 4 heteroatoms. The lowest BCUT2D eigenvalue weighted by atomic mass is 10.0. The molecular weight excluding hydrogens is 212 g/mol. The third-order valence-electron chi connectivity index (χ3n) is 2.82. The van der Waals surface area contributed by atoms with E-state index in [4.69, 9.17) is 5.73 Å². The van der Waals surface area contributed by atoms with Crippen LogP contribution < -0.4 is 5.73 Å². The largest absolute Gasteiger partial charge is 0.382 e. The Labute approximate surface area is 98.5 Å². The van der Waals surface area contributed by atoms with E-state index in [1.165, 1.54) is 0 Å². The fourth-order valence-electron chi connectivity index (χ4n) is 1.95. The summed E-state index contributed by atoms with van der Waals surface area (Å²) in [5, 5.41) is 7.87. The molecule has 0 aliphatic heterocycles. The van der Waals surface area contributed by atoms with Crippen LogP contribution in [0.3, 0.4) is 0 Å². The number of aromatic amines is 1. The van der Waals surface area contributed by atoms with E-state index in [1.54, 1.807) is 0 Å². The molecule has 0 saturated heterocycles. The molecule has 0 bridgehead atoms. The number of anilines is 1. The molecule has 3 N–H and O–H groups in total. The van der Waals surface area contributed by atoms with Crippen molar-refractivity contribution >= 4 is 16.7 Å². The molecule has 4 nitrogen and oxygen atoms in total. The molecule has 84 valence electrons. The number of benzene rings is 1. The minimum Gasteiger partial charge on any atom is -0.382 e. The van der Waals surface area contributed by atoms with E-state index in [-0.39, 0.29) is 0 Å². The van der Waals surface area contributed by atoms with Crippen LogP contribution in [0.25, 0.3) is 22.0 Å². The Hall–Kier alpha value is -2.36. The second kappa shape index (κ2) is 3.59. The molecular formula is C13H12N4. The highest BCUT2D eigenvalue weighted by molar-refractivity contribution is 5.91. The van der Waals surface area contributed by atoms with E-state index in [9.17, 15) is 0 Å². The highest BCUT2D eigenvalue weighted by atomic mass is 15.1. The maximum atomic E-state index is 5.74. The summed E-state index contributed by atoms with van der Waals surface area (Å²) < 4.78 is 0. The average molecular weight is 224 g/mol. The number of nitrogens with two attached hydrogens (primary N) is 1. The Bertz CT molecular complexity index is 685. The van der Waals surface area contributed by atoms with Crippen molar-refractivity contribution in [3.8, 4) is 11.1 Å². The van der Waals surface area contributed by atoms with Crippen molar-refractivity contribution in [1.82, 2.24) is 15.2 Å². The Morgan fingerprint density at radius 2 is 1.94 bits per heavy atom. The smallest absolute Gasteiger partial charge is 0.153 e. The summed E-state index contributed by atoms with van der Waals surface area (Å²) in [6.45, 7) is 1.98. The van der Waals surface area contributed by atoms with E-state index in [0.717, 1.165) is 27.7 Å². The molecule has 2 heterocycles. The number of pyridine rings is 1. The van der Waals surface area contributed by atoms with Crippen LogP contribution in [-0.4, -0.2) is 15.2 Å². The van der Waals surface area contributed by atoms with Crippen LogP contribution >= 0.6 is 0 Å². The van der Waals surface area contributed by atoms with Gasteiger partial charge in [0.1, 0.15) is 0 Å². The van der Waals surface area contributed by atoms with Crippen molar-refractivity contribution in [2.24, 2.45) is 0 Å². The van der Waals surface area contributed by atoms with Gasteiger partial charge in [-0.3, -0.25) is 10.1 Å². The first-order valence-electron chi connectivity index (χ1n) is 5.41. The van der Waals surface area contributed by atoms with Gasteiger partial charge < -0.3 is 5.73 Å². The van der Waals surface area contributed by atoms with Gasteiger partial charge in [0.25, 0.3) is 0 Å². The molecule has 2 aromatic heterocycles. The number of hydrogen-bond donors (Lipinski definition) is 2. The van der Waals surface area contributed by atoms with E-state index >= 15 is 0 Å². The molecule has 3 rings (SSSR count). The van der Waals surface area contributed by atoms with Crippen molar-refractivity contribution in [1.29, 1.82) is 0 Å². The zero-order valence-corrected chi connectivity index (χ0v) is 9.44. The van der Waals surface area contributed by atoms with Gasteiger partial charge in [-0.25, -0.2) is 0 Å². The average Bonchev–Trinajstić information content (AvgIpc) is 2.71. The Morgan fingerprint density at radius 1 is 1.12 bits per heavy atom. The predicted octanol–water partition coefficient (Wildman–Crippen LogP) is 2.52. The van der Waals surface area contributed by atoms with Crippen LogP contribution in [0.4, 0.5) is 5.82 Å². The number of nitrogens with one attached hydrogen (secondary N) is 1. The number of nitrogens with zero attached hydrogens (tertiary/aromatic N) is 2. The van der Waals surface area contributed by atoms with Gasteiger partial charge in [-0.05, 0) is 42.3 Å². The summed E-state index contributed by atoms with van der Waals surface area (Å²) in [6, 6.07) is 10.1. The molecule has 0 fully saturated rings. The number of nitrogen functional groups attached to an aromatic ring is 1. The quantitative estimate of drug-likeness (QED) is 0.667. The summed E-state index contributed by atoms with van der Waals surface area (Å²) >= 11 is 0. The van der Waals surface area contributed by atoms with Gasteiger partial charge in [-0.15, -0.1) is 0 Å². The van der Waals surface area contributed by atoms with Gasteiger partial charge >= 0.3 is 0 Å². The molecule has 0 atom stereocenters. The molecule has 0 saturated carbocycles. The summed E-state index contributed by atoms with van der Waals surface area (Å²) in [5.41, 5.74) is 9.97. The molecule has 0 radical (unpaired) electrons. The summed E-state index contributed by atoms with van der Waals surface area (Å²) in [5.74, 6) is 0.539. The zero-order valence-electron chi connectivity index (χ0n) is 9.44. The number of fused-ring (bicyclic) bond motifs is 1. The summed E-state index contributed by atoms with van der Waals surface area (Å²) in [4.78, 5) is 4.19. The molecule has 0 unspecified atom stereocenters. The number of aryl methyl sites for hydroxylation is 1. The maximum absolute atomic E-state index is 5.74. The fourth-order valence-corrected chi connectivity index (χ4v) is 1.95. The molecule has 3 aromatic rings. The summed E-state index contributed by atoms with van der Waals surface area (Å²) in [6.07, 6.45) is 1.82. The monoisotopic (exact) mass is 224 g/mol. The first kappa shape index (κ1) is 9.84. The zero-order chi connectivity index (χ0) is 11.8. The van der Waals surface area contributed by atoms with Gasteiger partial charge in [-0.1, -0.05) is 6.07 Å². The minimum absolute atomic E-state index is 0.539. The van der Waals surface area contributed by atoms with Crippen LogP contribution in [-0.2, 0) is 0 Å². The highest BCUT2D eigenvalue weighted by Gasteiger charge is 2.04. The number of aromatic nitrogens is 3. The lowest BCUT2D eigenvalue weighted by Gasteiger charge is -2.02. The van der Waals surface area contributed by atoms with E-state index in [1.807, 2.05) is 37.4 Å². The second-order valence-corrected chi connectivity index (χ2v) is 4.06. The molecule has 17 heavy (non-hydrogen) atoms. The van der Waals surface area contributed by atoms with Crippen LogP contribution in [0.5, 0.6) is 0 Å². The number of rotatable bonds is 1. The van der Waals surface area contributed by atoms with Crippen LogP contribution in [0.1, 0.15) is 5.69 Å². The Morgan fingerprint density at radius 3 is 2.76 bits per heavy atom.